The Bertz CT molecular complexity index is 871. The maximum atomic E-state index is 12.1. The van der Waals surface area contributed by atoms with Gasteiger partial charge in [-0.1, -0.05) is 36.4 Å². The number of carbonyl (C=O) groups is 1. The highest BCUT2D eigenvalue weighted by atomic mass is 16.4. The Kier molecular flexibility index (Phi) is 2.49. The lowest BCUT2D eigenvalue weighted by molar-refractivity contribution is 0.0701. The zero-order chi connectivity index (χ0) is 13.4. The molecule has 3 rings (SSSR count). The number of hydrogen-bond acceptors (Lipinski definition) is 3. The summed E-state index contributed by atoms with van der Waals surface area (Å²) in [6.07, 6.45) is 0. The van der Waals surface area contributed by atoms with Crippen LogP contribution in [0.1, 0.15) is 10.4 Å². The second-order valence-electron chi connectivity index (χ2n) is 4.16. The van der Waals surface area contributed by atoms with E-state index in [1.807, 2.05) is 0 Å². The maximum Gasteiger partial charge on any atom is 0.337 e. The predicted molar refractivity (Wildman–Crippen MR) is 72.5 cm³/mol. The van der Waals surface area contributed by atoms with Crippen LogP contribution in [0.4, 0.5) is 0 Å². The lowest BCUT2D eigenvalue weighted by Crippen LogP contribution is -2.02. The highest BCUT2D eigenvalue weighted by Crippen LogP contribution is 2.22. The Morgan fingerprint density at radius 3 is 2.16 bits per heavy atom. The van der Waals surface area contributed by atoms with Gasteiger partial charge in [-0.3, -0.25) is 4.79 Å². The first kappa shape index (κ1) is 11.3. The van der Waals surface area contributed by atoms with Crippen molar-refractivity contribution in [1.82, 2.24) is 4.98 Å². The molecule has 0 spiro atoms. The molecule has 1 heterocycles. The van der Waals surface area contributed by atoms with Crippen LogP contribution in [0.3, 0.4) is 0 Å². The number of nitrogens with zero attached hydrogens (tertiary/aromatic N) is 1. The van der Waals surface area contributed by atoms with Gasteiger partial charge >= 0.3 is 5.97 Å². The third kappa shape index (κ3) is 1.74. The molecule has 0 bridgehead atoms. The van der Waals surface area contributed by atoms with E-state index in [0.717, 1.165) is 0 Å². The average molecular weight is 251 g/mol. The molecular weight excluding hydrogens is 242 g/mol. The number of carboxylic acid groups (broad SMARTS) is 1. The largest absolute Gasteiger partial charge is 0.478 e. The molecule has 3 aromatic rings. The minimum Gasteiger partial charge on any atom is -0.478 e. The summed E-state index contributed by atoms with van der Waals surface area (Å²) in [6, 6.07) is 13.4. The van der Waals surface area contributed by atoms with Crippen molar-refractivity contribution in [2.75, 3.05) is 0 Å². The van der Waals surface area contributed by atoms with Crippen molar-refractivity contribution in [3.63, 3.8) is 0 Å². The van der Waals surface area contributed by atoms with E-state index in [4.69, 9.17) is 0 Å². The monoisotopic (exact) mass is 251 g/mol. The van der Waals surface area contributed by atoms with Gasteiger partial charge in [-0.15, -0.1) is 0 Å². The fourth-order valence-electron chi connectivity index (χ4n) is 2.22. The lowest BCUT2D eigenvalue weighted by atomic mass is 10.0. The van der Waals surface area contributed by atoms with Gasteiger partial charge in [-0.05, 0) is 12.1 Å². The molecule has 2 aromatic carbocycles. The molecule has 0 radical (unpaired) electrons. The third-order valence-electron chi connectivity index (χ3n) is 3.04. The van der Waals surface area contributed by atoms with Gasteiger partial charge in [0.1, 0.15) is 0 Å². The first-order chi connectivity index (χ1) is 9.18. The summed E-state index contributed by atoms with van der Waals surface area (Å²) in [4.78, 5) is 27.6. The van der Waals surface area contributed by atoms with Crippen molar-refractivity contribution < 1.29 is 9.90 Å². The summed E-state index contributed by atoms with van der Waals surface area (Å²) in [6.45, 7) is 0. The smallest absolute Gasteiger partial charge is 0.337 e. The van der Waals surface area contributed by atoms with Crippen LogP contribution in [0.25, 0.3) is 21.7 Å². The van der Waals surface area contributed by atoms with Gasteiger partial charge < -0.3 is 5.11 Å². The lowest BCUT2D eigenvalue weighted by Gasteiger charge is -1.99. The third-order valence-corrected chi connectivity index (χ3v) is 3.04. The van der Waals surface area contributed by atoms with Crippen LogP contribution < -0.4 is 5.56 Å². The van der Waals surface area contributed by atoms with Gasteiger partial charge in [0.25, 0.3) is 5.56 Å². The fourth-order valence-corrected chi connectivity index (χ4v) is 2.22. The van der Waals surface area contributed by atoms with Gasteiger partial charge in [-0.25, -0.2) is 9.78 Å². The Morgan fingerprint density at radius 2 is 1.47 bits per heavy atom. The minimum absolute atomic E-state index is 0.112. The molecule has 92 valence electrons. The van der Waals surface area contributed by atoms with E-state index in [-0.39, 0.29) is 5.56 Å². The van der Waals surface area contributed by atoms with Gasteiger partial charge in [0.2, 0.25) is 0 Å². The minimum atomic E-state index is -1.06. The predicted octanol–water partition coefficient (Wildman–Crippen LogP) is 2.45. The molecule has 0 atom stereocenters. The Labute approximate surface area is 108 Å². The van der Waals surface area contributed by atoms with E-state index in [1.54, 1.807) is 48.5 Å². The van der Waals surface area contributed by atoms with Crippen molar-refractivity contribution in [2.24, 2.45) is 0 Å². The maximum absolute atomic E-state index is 12.1. The molecule has 0 amide bonds. The molecule has 0 unspecified atom stereocenters. The number of fused-ring (bicyclic) bond motifs is 2. The number of aromatic carboxylic acids is 1. The number of carboxylic acids is 1. The van der Waals surface area contributed by atoms with Crippen molar-refractivity contribution >= 4 is 27.6 Å². The molecule has 4 heteroatoms. The standard InChI is InChI=1S/C15H9NO3/c17-14-10-6-2-1-5-9(10)13(15(18)19)11-7-3-4-8-12(11)16-14/h1-8H,(H,18,19). The van der Waals surface area contributed by atoms with Crippen LogP contribution in [0.5, 0.6) is 0 Å². The molecule has 0 aliphatic carbocycles. The quantitative estimate of drug-likeness (QED) is 0.721. The fraction of sp³-hybridized carbons (Fsp3) is 0. The molecule has 19 heavy (non-hydrogen) atoms. The first-order valence-electron chi connectivity index (χ1n) is 5.73. The zero-order valence-corrected chi connectivity index (χ0v) is 9.83. The van der Waals surface area contributed by atoms with Crippen LogP contribution in [0.15, 0.2) is 53.3 Å². The van der Waals surface area contributed by atoms with Crippen LogP contribution >= 0.6 is 0 Å². The van der Waals surface area contributed by atoms with E-state index in [2.05, 4.69) is 4.98 Å². The summed E-state index contributed by atoms with van der Waals surface area (Å²) in [7, 11) is 0. The topological polar surface area (TPSA) is 67.3 Å². The number of hydrogen-bond donors (Lipinski definition) is 1. The number of rotatable bonds is 1. The molecule has 0 saturated carbocycles. The molecule has 0 aliphatic rings. The molecule has 1 aromatic heterocycles. The second-order valence-corrected chi connectivity index (χ2v) is 4.16. The highest BCUT2D eigenvalue weighted by Gasteiger charge is 2.14. The molecular formula is C15H9NO3. The summed E-state index contributed by atoms with van der Waals surface area (Å²) >= 11 is 0. The number of benzene rings is 2. The number of para-hydroxylation sites is 1. The van der Waals surface area contributed by atoms with Crippen LogP contribution in [-0.2, 0) is 0 Å². The van der Waals surface area contributed by atoms with Crippen LogP contribution in [-0.4, -0.2) is 16.1 Å². The normalized spacial score (nSPS) is 10.7. The molecule has 1 N–H and O–H groups in total. The molecule has 0 saturated heterocycles. The number of aromatic nitrogens is 1. The zero-order valence-electron chi connectivity index (χ0n) is 9.83. The van der Waals surface area contributed by atoms with Crippen LogP contribution in [0.2, 0.25) is 0 Å². The summed E-state index contributed by atoms with van der Waals surface area (Å²) < 4.78 is 0. The molecule has 0 fully saturated rings. The van der Waals surface area contributed by atoms with Crippen molar-refractivity contribution in [1.29, 1.82) is 0 Å². The van der Waals surface area contributed by atoms with Crippen molar-refractivity contribution in [3.05, 3.63) is 64.4 Å². The SMILES string of the molecule is O=C(O)c1c2ccccc2nc(=O)c2ccccc12. The second kappa shape index (κ2) is 4.17. The molecule has 4 nitrogen and oxygen atoms in total. The van der Waals surface area contributed by atoms with Gasteiger partial charge in [0.15, 0.2) is 0 Å². The Hall–Kier alpha value is -2.75. The van der Waals surface area contributed by atoms with Crippen LogP contribution in [0, 0.1) is 0 Å². The van der Waals surface area contributed by atoms with E-state index >= 15 is 0 Å². The van der Waals surface area contributed by atoms with Gasteiger partial charge in [-0.2, -0.15) is 0 Å². The molecule has 0 aliphatic heterocycles. The average Bonchev–Trinajstić information content (AvgIpc) is 2.53. The summed E-state index contributed by atoms with van der Waals surface area (Å²) in [5, 5.41) is 10.6. The first-order valence-corrected chi connectivity index (χ1v) is 5.73. The van der Waals surface area contributed by atoms with Crippen molar-refractivity contribution in [3.8, 4) is 0 Å². The summed E-state index contributed by atoms with van der Waals surface area (Å²) in [5.41, 5.74) is 0.0844. The Morgan fingerprint density at radius 1 is 0.895 bits per heavy atom. The van der Waals surface area contributed by atoms with E-state index in [9.17, 15) is 14.7 Å². The van der Waals surface area contributed by atoms with E-state index in [0.29, 0.717) is 21.7 Å². The van der Waals surface area contributed by atoms with E-state index in [1.165, 1.54) is 0 Å². The van der Waals surface area contributed by atoms with E-state index < -0.39 is 11.5 Å². The summed E-state index contributed by atoms with van der Waals surface area (Å²) in [5.74, 6) is -1.06. The van der Waals surface area contributed by atoms with Crippen molar-refractivity contribution in [2.45, 2.75) is 0 Å². The van der Waals surface area contributed by atoms with Gasteiger partial charge in [0, 0.05) is 16.2 Å². The Balaban J connectivity index is 2.75. The highest BCUT2D eigenvalue weighted by molar-refractivity contribution is 6.12. The van der Waals surface area contributed by atoms with Gasteiger partial charge in [0.05, 0.1) is 11.1 Å².